The van der Waals surface area contributed by atoms with E-state index in [-0.39, 0.29) is 0 Å². The number of hydrogen-bond acceptors (Lipinski definition) is 6. The summed E-state index contributed by atoms with van der Waals surface area (Å²) in [5, 5.41) is 0. The Balaban J connectivity index is 2.02. The highest BCUT2D eigenvalue weighted by molar-refractivity contribution is 5.28. The molecule has 0 radical (unpaired) electrons. The summed E-state index contributed by atoms with van der Waals surface area (Å²) in [6.45, 7) is 7.13. The molecule has 0 aliphatic heterocycles. The van der Waals surface area contributed by atoms with Crippen LogP contribution in [0.1, 0.15) is 89.2 Å². The van der Waals surface area contributed by atoms with Crippen LogP contribution in [0.3, 0.4) is 0 Å². The third kappa shape index (κ3) is 8.09. The number of aromatic nitrogens is 3. The van der Waals surface area contributed by atoms with E-state index in [1.807, 2.05) is 11.9 Å². The minimum absolute atomic E-state index is 0.467. The molecule has 1 heterocycles. The Morgan fingerprint density at radius 2 is 1.59 bits per heavy atom. The second kappa shape index (κ2) is 13.0. The highest BCUT2D eigenvalue weighted by Gasteiger charge is 2.21. The lowest BCUT2D eigenvalue weighted by Gasteiger charge is -2.23. The number of unbranched alkanes of at least 4 members (excludes halogenated alkanes) is 2. The predicted molar refractivity (Wildman–Crippen MR) is 109 cm³/mol. The van der Waals surface area contributed by atoms with Crippen molar-refractivity contribution in [3.8, 4) is 0 Å². The standard InChI is InChI=1S/C21H38N4O2/c1-4-6-14-26-16-13-19-22-20(18-11-9-8-10-12-18)24-21(23-19)25(3)17-27-15-7-5-2/h18H,4-17H2,1-3H3. The smallest absolute Gasteiger partial charge is 0.230 e. The topological polar surface area (TPSA) is 60.4 Å². The zero-order valence-electron chi connectivity index (χ0n) is 17.6. The van der Waals surface area contributed by atoms with Crippen LogP contribution in [0.4, 0.5) is 5.95 Å². The first-order valence-corrected chi connectivity index (χ1v) is 10.9. The van der Waals surface area contributed by atoms with Crippen molar-refractivity contribution in [1.82, 2.24) is 15.0 Å². The van der Waals surface area contributed by atoms with Crippen molar-refractivity contribution >= 4 is 5.95 Å². The minimum Gasteiger partial charge on any atom is -0.381 e. The van der Waals surface area contributed by atoms with E-state index in [0.717, 1.165) is 62.9 Å². The number of anilines is 1. The van der Waals surface area contributed by atoms with Gasteiger partial charge in [0.25, 0.3) is 0 Å². The molecular weight excluding hydrogens is 340 g/mol. The molecule has 0 bridgehead atoms. The van der Waals surface area contributed by atoms with Crippen molar-refractivity contribution in [2.24, 2.45) is 0 Å². The third-order valence-electron chi connectivity index (χ3n) is 5.04. The van der Waals surface area contributed by atoms with Gasteiger partial charge in [-0.25, -0.2) is 4.98 Å². The number of hydrogen-bond donors (Lipinski definition) is 0. The molecule has 0 amide bonds. The van der Waals surface area contributed by atoms with E-state index in [2.05, 4.69) is 18.8 Å². The van der Waals surface area contributed by atoms with Crippen molar-refractivity contribution in [1.29, 1.82) is 0 Å². The number of rotatable bonds is 13. The zero-order chi connectivity index (χ0) is 19.3. The van der Waals surface area contributed by atoms with Gasteiger partial charge in [0.1, 0.15) is 18.4 Å². The lowest BCUT2D eigenvalue weighted by atomic mass is 9.89. The maximum Gasteiger partial charge on any atom is 0.230 e. The Kier molecular flexibility index (Phi) is 10.6. The van der Waals surface area contributed by atoms with Crippen LogP contribution in [0, 0.1) is 0 Å². The largest absolute Gasteiger partial charge is 0.381 e. The van der Waals surface area contributed by atoms with Crippen LogP contribution in [-0.4, -0.2) is 48.6 Å². The van der Waals surface area contributed by atoms with Crippen molar-refractivity contribution in [2.75, 3.05) is 38.5 Å². The molecule has 1 aliphatic carbocycles. The minimum atomic E-state index is 0.467. The molecule has 0 unspecified atom stereocenters. The fourth-order valence-electron chi connectivity index (χ4n) is 3.27. The average Bonchev–Trinajstić information content (AvgIpc) is 2.71. The monoisotopic (exact) mass is 378 g/mol. The predicted octanol–water partition coefficient (Wildman–Crippen LogP) is 4.49. The lowest BCUT2D eigenvalue weighted by Crippen LogP contribution is -2.26. The van der Waals surface area contributed by atoms with Gasteiger partial charge in [-0.15, -0.1) is 0 Å². The summed E-state index contributed by atoms with van der Waals surface area (Å²) in [7, 11) is 1.99. The number of ether oxygens (including phenoxy) is 2. The lowest BCUT2D eigenvalue weighted by molar-refractivity contribution is 0.131. The van der Waals surface area contributed by atoms with Crippen LogP contribution in [0.25, 0.3) is 0 Å². The van der Waals surface area contributed by atoms with E-state index < -0.39 is 0 Å². The van der Waals surface area contributed by atoms with Gasteiger partial charge in [0.2, 0.25) is 5.95 Å². The Morgan fingerprint density at radius 1 is 0.889 bits per heavy atom. The molecule has 6 nitrogen and oxygen atoms in total. The maximum absolute atomic E-state index is 5.74. The van der Waals surface area contributed by atoms with Gasteiger partial charge in [-0.3, -0.25) is 0 Å². The first-order valence-electron chi connectivity index (χ1n) is 10.9. The Hall–Kier alpha value is -1.27. The van der Waals surface area contributed by atoms with Crippen molar-refractivity contribution in [3.05, 3.63) is 11.6 Å². The Bertz CT molecular complexity index is 521. The Labute approximate surface area is 165 Å². The third-order valence-corrected chi connectivity index (χ3v) is 5.04. The van der Waals surface area contributed by atoms with Crippen molar-refractivity contribution in [3.63, 3.8) is 0 Å². The van der Waals surface area contributed by atoms with Crippen molar-refractivity contribution < 1.29 is 9.47 Å². The molecule has 0 aromatic carbocycles. The van der Waals surface area contributed by atoms with Crippen LogP contribution in [0.15, 0.2) is 0 Å². The van der Waals surface area contributed by atoms with Crippen LogP contribution in [0.5, 0.6) is 0 Å². The summed E-state index contributed by atoms with van der Waals surface area (Å²) in [6.07, 6.45) is 11.5. The normalized spacial score (nSPS) is 15.2. The maximum atomic E-state index is 5.74. The van der Waals surface area contributed by atoms with Gasteiger partial charge in [-0.05, 0) is 25.7 Å². The molecule has 27 heavy (non-hydrogen) atoms. The average molecular weight is 379 g/mol. The quantitative estimate of drug-likeness (QED) is 0.372. The SMILES string of the molecule is CCCCOCCc1nc(C2CCCCC2)nc(N(C)COCCCC)n1. The summed E-state index contributed by atoms with van der Waals surface area (Å²) < 4.78 is 11.5. The summed E-state index contributed by atoms with van der Waals surface area (Å²) in [6, 6.07) is 0. The van der Waals surface area contributed by atoms with Gasteiger partial charge in [0.05, 0.1) is 6.61 Å². The van der Waals surface area contributed by atoms with E-state index in [1.54, 1.807) is 0 Å². The van der Waals surface area contributed by atoms with E-state index in [0.29, 0.717) is 19.3 Å². The molecule has 1 aliphatic rings. The second-order valence-corrected chi connectivity index (χ2v) is 7.55. The van der Waals surface area contributed by atoms with E-state index in [9.17, 15) is 0 Å². The highest BCUT2D eigenvalue weighted by atomic mass is 16.5. The van der Waals surface area contributed by atoms with Gasteiger partial charge in [-0.1, -0.05) is 46.0 Å². The van der Waals surface area contributed by atoms with E-state index in [4.69, 9.17) is 19.4 Å². The van der Waals surface area contributed by atoms with Gasteiger partial charge in [-0.2, -0.15) is 9.97 Å². The molecule has 2 rings (SSSR count). The summed E-state index contributed by atoms with van der Waals surface area (Å²) >= 11 is 0. The zero-order valence-corrected chi connectivity index (χ0v) is 17.6. The number of nitrogens with zero attached hydrogens (tertiary/aromatic N) is 4. The van der Waals surface area contributed by atoms with Gasteiger partial charge >= 0.3 is 0 Å². The molecule has 154 valence electrons. The van der Waals surface area contributed by atoms with Gasteiger partial charge < -0.3 is 14.4 Å². The summed E-state index contributed by atoms with van der Waals surface area (Å²) in [5.74, 6) is 3.00. The van der Waals surface area contributed by atoms with Crippen LogP contribution < -0.4 is 4.90 Å². The molecule has 0 spiro atoms. The fourth-order valence-corrected chi connectivity index (χ4v) is 3.27. The van der Waals surface area contributed by atoms with Crippen LogP contribution >= 0.6 is 0 Å². The second-order valence-electron chi connectivity index (χ2n) is 7.55. The first-order chi connectivity index (χ1) is 13.2. The molecule has 1 aromatic heterocycles. The van der Waals surface area contributed by atoms with Crippen LogP contribution in [-0.2, 0) is 15.9 Å². The molecule has 1 saturated carbocycles. The molecule has 6 heteroatoms. The van der Waals surface area contributed by atoms with Gasteiger partial charge in [0.15, 0.2) is 0 Å². The van der Waals surface area contributed by atoms with E-state index >= 15 is 0 Å². The van der Waals surface area contributed by atoms with Gasteiger partial charge in [0, 0.05) is 32.6 Å². The van der Waals surface area contributed by atoms with Crippen molar-refractivity contribution in [2.45, 2.75) is 84.0 Å². The molecule has 0 saturated heterocycles. The summed E-state index contributed by atoms with van der Waals surface area (Å²) in [4.78, 5) is 16.3. The fraction of sp³-hybridized carbons (Fsp3) is 0.857. The highest BCUT2D eigenvalue weighted by Crippen LogP contribution is 2.31. The molecule has 0 atom stereocenters. The first kappa shape index (κ1) is 22.0. The molecule has 1 fully saturated rings. The Morgan fingerprint density at radius 3 is 2.30 bits per heavy atom. The molecular formula is C21H38N4O2. The molecule has 0 N–H and O–H groups in total. The molecule has 1 aromatic rings. The summed E-state index contributed by atoms with van der Waals surface area (Å²) in [5.41, 5.74) is 0. The van der Waals surface area contributed by atoms with E-state index in [1.165, 1.54) is 32.1 Å². The van der Waals surface area contributed by atoms with Crippen LogP contribution in [0.2, 0.25) is 0 Å².